The molecule has 0 aliphatic heterocycles. The van der Waals surface area contributed by atoms with Crippen molar-refractivity contribution in [3.05, 3.63) is 28.1 Å². The molecule has 2 aromatic rings. The largest absolute Gasteiger partial charge is 0.476 e. The molecule has 1 aromatic carbocycles. The Bertz CT molecular complexity index is 523. The van der Waals surface area contributed by atoms with Crippen LogP contribution in [0.4, 0.5) is 4.39 Å². The summed E-state index contributed by atoms with van der Waals surface area (Å²) >= 11 is 3.05. The number of rotatable bonds is 1. The average Bonchev–Trinajstić information content (AvgIpc) is 2.47. The third-order valence-corrected chi connectivity index (χ3v) is 2.15. The van der Waals surface area contributed by atoms with Crippen molar-refractivity contribution in [1.29, 1.82) is 0 Å². The molecule has 0 atom stereocenters. The van der Waals surface area contributed by atoms with Crippen molar-refractivity contribution in [2.45, 2.75) is 0 Å². The van der Waals surface area contributed by atoms with Crippen LogP contribution in [0.2, 0.25) is 0 Å². The Morgan fingerprint density at radius 3 is 2.93 bits per heavy atom. The van der Waals surface area contributed by atoms with Crippen LogP contribution in [-0.4, -0.2) is 16.2 Å². The van der Waals surface area contributed by atoms with E-state index in [-0.39, 0.29) is 11.0 Å². The van der Waals surface area contributed by atoms with Gasteiger partial charge in [0.05, 0.1) is 5.39 Å². The highest BCUT2D eigenvalue weighted by Crippen LogP contribution is 2.25. The van der Waals surface area contributed by atoms with E-state index in [0.717, 1.165) is 6.07 Å². The van der Waals surface area contributed by atoms with Gasteiger partial charge in [-0.1, -0.05) is 21.1 Å². The van der Waals surface area contributed by atoms with E-state index in [1.54, 1.807) is 0 Å². The Morgan fingerprint density at radius 2 is 2.29 bits per heavy atom. The fourth-order valence-corrected chi connectivity index (χ4v) is 1.55. The van der Waals surface area contributed by atoms with Crippen LogP contribution in [-0.2, 0) is 0 Å². The molecule has 1 N–H and O–H groups in total. The monoisotopic (exact) mass is 259 g/mol. The second kappa shape index (κ2) is 3.06. The molecule has 0 saturated carbocycles. The van der Waals surface area contributed by atoms with Gasteiger partial charge in [-0.15, -0.1) is 0 Å². The molecular weight excluding hydrogens is 257 g/mol. The molecule has 4 nitrogen and oxygen atoms in total. The first kappa shape index (κ1) is 9.14. The molecular formula is C8H3BrFNO3. The van der Waals surface area contributed by atoms with Gasteiger partial charge in [0.25, 0.3) is 0 Å². The quantitative estimate of drug-likeness (QED) is 0.855. The molecule has 0 saturated heterocycles. The summed E-state index contributed by atoms with van der Waals surface area (Å²) < 4.78 is 18.4. The van der Waals surface area contributed by atoms with E-state index in [2.05, 4.69) is 25.6 Å². The Balaban J connectivity index is 2.85. The van der Waals surface area contributed by atoms with Crippen molar-refractivity contribution in [2.24, 2.45) is 0 Å². The number of nitrogens with zero attached hydrogens (tertiary/aromatic N) is 1. The lowest BCUT2D eigenvalue weighted by atomic mass is 10.2. The number of benzene rings is 1. The maximum Gasteiger partial charge on any atom is 0.358 e. The summed E-state index contributed by atoms with van der Waals surface area (Å²) in [4.78, 5) is 10.6. The van der Waals surface area contributed by atoms with Gasteiger partial charge in [-0.3, -0.25) is 0 Å². The summed E-state index contributed by atoms with van der Waals surface area (Å²) in [5.41, 5.74) is -0.306. The van der Waals surface area contributed by atoms with Gasteiger partial charge >= 0.3 is 5.97 Å². The standard InChI is InChI=1S/C8H3BrFNO3/c9-3-1-4(10)6-5(2-3)14-11-7(6)8(12)13/h1-2H,(H,12,13). The zero-order valence-corrected chi connectivity index (χ0v) is 8.21. The maximum absolute atomic E-state index is 13.3. The molecule has 1 heterocycles. The topological polar surface area (TPSA) is 63.3 Å². The summed E-state index contributed by atoms with van der Waals surface area (Å²) in [5.74, 6) is -1.99. The van der Waals surface area contributed by atoms with Crippen LogP contribution in [0.25, 0.3) is 11.0 Å². The van der Waals surface area contributed by atoms with Crippen LogP contribution in [0, 0.1) is 5.82 Å². The molecule has 0 fully saturated rings. The first-order valence-corrected chi connectivity index (χ1v) is 4.36. The number of halogens is 2. The van der Waals surface area contributed by atoms with Crippen LogP contribution < -0.4 is 0 Å². The van der Waals surface area contributed by atoms with Crippen LogP contribution in [0.5, 0.6) is 0 Å². The molecule has 0 spiro atoms. The van der Waals surface area contributed by atoms with Crippen LogP contribution in [0.15, 0.2) is 21.1 Å². The van der Waals surface area contributed by atoms with Gasteiger partial charge in [0.1, 0.15) is 5.82 Å². The molecule has 72 valence electrons. The predicted octanol–water partition coefficient (Wildman–Crippen LogP) is 2.43. The summed E-state index contributed by atoms with van der Waals surface area (Å²) in [6, 6.07) is 2.61. The van der Waals surface area contributed by atoms with Crippen molar-refractivity contribution < 1.29 is 18.8 Å². The lowest BCUT2D eigenvalue weighted by Crippen LogP contribution is -1.97. The molecule has 2 rings (SSSR count). The van der Waals surface area contributed by atoms with Crippen molar-refractivity contribution >= 4 is 32.9 Å². The highest BCUT2D eigenvalue weighted by molar-refractivity contribution is 9.10. The van der Waals surface area contributed by atoms with Crippen molar-refractivity contribution in [1.82, 2.24) is 5.16 Å². The minimum absolute atomic E-state index is 0.106. The van der Waals surface area contributed by atoms with E-state index in [4.69, 9.17) is 5.11 Å². The van der Waals surface area contributed by atoms with Gasteiger partial charge in [0, 0.05) is 4.47 Å². The highest BCUT2D eigenvalue weighted by Gasteiger charge is 2.19. The van der Waals surface area contributed by atoms with Gasteiger partial charge < -0.3 is 9.63 Å². The Hall–Kier alpha value is -1.43. The van der Waals surface area contributed by atoms with Gasteiger partial charge in [-0.2, -0.15) is 0 Å². The molecule has 0 radical (unpaired) electrons. The fraction of sp³-hybridized carbons (Fsp3) is 0. The lowest BCUT2D eigenvalue weighted by molar-refractivity contribution is 0.0687. The SMILES string of the molecule is O=C(O)c1noc2cc(Br)cc(F)c12. The van der Waals surface area contributed by atoms with Gasteiger partial charge in [-0.25, -0.2) is 9.18 Å². The molecule has 0 aliphatic carbocycles. The summed E-state index contributed by atoms with van der Waals surface area (Å²) in [6.45, 7) is 0. The summed E-state index contributed by atoms with van der Waals surface area (Å²) in [7, 11) is 0. The molecule has 0 bridgehead atoms. The molecule has 0 aliphatic rings. The van der Waals surface area contributed by atoms with E-state index < -0.39 is 17.5 Å². The third-order valence-electron chi connectivity index (χ3n) is 1.69. The minimum Gasteiger partial charge on any atom is -0.476 e. The number of aromatic nitrogens is 1. The van der Waals surface area contributed by atoms with Crippen molar-refractivity contribution in [3.63, 3.8) is 0 Å². The average molecular weight is 260 g/mol. The second-order valence-corrected chi connectivity index (χ2v) is 3.51. The summed E-state index contributed by atoms with van der Waals surface area (Å²) in [6.07, 6.45) is 0. The van der Waals surface area contributed by atoms with Gasteiger partial charge in [0.15, 0.2) is 5.58 Å². The summed E-state index contributed by atoms with van der Waals surface area (Å²) in [5, 5.41) is 11.8. The molecule has 1 aromatic heterocycles. The number of carboxylic acids is 1. The van der Waals surface area contributed by atoms with E-state index in [1.807, 2.05) is 0 Å². The zero-order chi connectivity index (χ0) is 10.3. The van der Waals surface area contributed by atoms with E-state index in [0.29, 0.717) is 4.47 Å². The predicted molar refractivity (Wildman–Crippen MR) is 48.6 cm³/mol. The second-order valence-electron chi connectivity index (χ2n) is 2.60. The molecule has 14 heavy (non-hydrogen) atoms. The van der Waals surface area contributed by atoms with Crippen molar-refractivity contribution in [3.8, 4) is 0 Å². The Labute approximate surface area is 85.4 Å². The first-order valence-electron chi connectivity index (χ1n) is 3.57. The molecule has 0 unspecified atom stereocenters. The lowest BCUT2D eigenvalue weighted by Gasteiger charge is -1.92. The van der Waals surface area contributed by atoms with Crippen LogP contribution in [0.1, 0.15) is 10.5 Å². The molecule has 0 amide bonds. The normalized spacial score (nSPS) is 10.7. The number of fused-ring (bicyclic) bond motifs is 1. The van der Waals surface area contributed by atoms with Crippen LogP contribution in [0.3, 0.4) is 0 Å². The molecule has 6 heteroatoms. The highest BCUT2D eigenvalue weighted by atomic mass is 79.9. The number of carbonyl (C=O) groups is 1. The Kier molecular flexibility index (Phi) is 1.99. The van der Waals surface area contributed by atoms with E-state index >= 15 is 0 Å². The minimum atomic E-state index is -1.31. The third kappa shape index (κ3) is 1.27. The maximum atomic E-state index is 13.3. The number of carboxylic acid groups (broad SMARTS) is 1. The number of hydrogen-bond donors (Lipinski definition) is 1. The fourth-order valence-electron chi connectivity index (χ4n) is 1.14. The number of hydrogen-bond acceptors (Lipinski definition) is 3. The van der Waals surface area contributed by atoms with E-state index in [1.165, 1.54) is 6.07 Å². The Morgan fingerprint density at radius 1 is 1.57 bits per heavy atom. The first-order chi connectivity index (χ1) is 6.59. The van der Waals surface area contributed by atoms with Crippen LogP contribution >= 0.6 is 15.9 Å². The zero-order valence-electron chi connectivity index (χ0n) is 6.62. The number of aromatic carboxylic acids is 1. The van der Waals surface area contributed by atoms with Gasteiger partial charge in [-0.05, 0) is 12.1 Å². The van der Waals surface area contributed by atoms with Gasteiger partial charge in [0.2, 0.25) is 5.69 Å². The van der Waals surface area contributed by atoms with E-state index in [9.17, 15) is 9.18 Å². The van der Waals surface area contributed by atoms with Crippen molar-refractivity contribution in [2.75, 3.05) is 0 Å². The smallest absolute Gasteiger partial charge is 0.358 e.